The number of piperazine rings is 1. The Bertz CT molecular complexity index is 203. The lowest BCUT2D eigenvalue weighted by molar-refractivity contribution is 0.183. The fraction of sp³-hybridized carbons (Fsp3) is 0.800. The van der Waals surface area contributed by atoms with Gasteiger partial charge in [0.2, 0.25) is 0 Å². The Balaban J connectivity index is 2.00. The molecule has 3 nitrogen and oxygen atoms in total. The lowest BCUT2D eigenvalue weighted by Gasteiger charge is -2.35. The summed E-state index contributed by atoms with van der Waals surface area (Å²) in [5.74, 6) is 0. The monoisotopic (exact) mass is 182 g/mol. The van der Waals surface area contributed by atoms with Gasteiger partial charge in [-0.05, 0) is 25.5 Å². The molecule has 0 aliphatic carbocycles. The first-order chi connectivity index (χ1) is 6.38. The number of ether oxygens (including phenoxy) is 1. The molecule has 2 aliphatic rings. The fourth-order valence-electron chi connectivity index (χ4n) is 2.05. The SMILES string of the molecule is CN1CCNCC1C1=COCCC1. The fourth-order valence-corrected chi connectivity index (χ4v) is 2.05. The predicted octanol–water partition coefficient (Wildman–Crippen LogP) is 0.584. The van der Waals surface area contributed by atoms with Gasteiger partial charge in [-0.2, -0.15) is 0 Å². The van der Waals surface area contributed by atoms with Crippen LogP contribution in [0.4, 0.5) is 0 Å². The molecule has 3 heteroatoms. The Morgan fingerprint density at radius 1 is 1.62 bits per heavy atom. The van der Waals surface area contributed by atoms with E-state index in [0.717, 1.165) is 26.2 Å². The molecule has 1 atom stereocenters. The van der Waals surface area contributed by atoms with Crippen molar-refractivity contribution in [3.05, 3.63) is 11.8 Å². The molecule has 0 bridgehead atoms. The summed E-state index contributed by atoms with van der Waals surface area (Å²) < 4.78 is 5.37. The first-order valence-electron chi connectivity index (χ1n) is 5.09. The molecule has 13 heavy (non-hydrogen) atoms. The van der Waals surface area contributed by atoms with Crippen LogP contribution in [-0.4, -0.2) is 44.2 Å². The normalized spacial score (nSPS) is 30.8. The molecule has 2 rings (SSSR count). The van der Waals surface area contributed by atoms with Gasteiger partial charge in [-0.15, -0.1) is 0 Å². The molecule has 0 aromatic heterocycles. The smallest absolute Gasteiger partial charge is 0.0876 e. The van der Waals surface area contributed by atoms with E-state index >= 15 is 0 Å². The van der Waals surface area contributed by atoms with Crippen LogP contribution < -0.4 is 5.32 Å². The molecule has 0 radical (unpaired) electrons. The van der Waals surface area contributed by atoms with Gasteiger partial charge >= 0.3 is 0 Å². The van der Waals surface area contributed by atoms with E-state index in [1.807, 2.05) is 6.26 Å². The maximum absolute atomic E-state index is 5.37. The van der Waals surface area contributed by atoms with Crippen LogP contribution in [0.15, 0.2) is 11.8 Å². The second-order valence-electron chi connectivity index (χ2n) is 3.87. The van der Waals surface area contributed by atoms with Crippen molar-refractivity contribution in [2.75, 3.05) is 33.3 Å². The van der Waals surface area contributed by atoms with Gasteiger partial charge in [-0.3, -0.25) is 4.90 Å². The molecule has 1 N–H and O–H groups in total. The number of rotatable bonds is 1. The Kier molecular flexibility index (Phi) is 2.86. The van der Waals surface area contributed by atoms with Crippen LogP contribution in [0.2, 0.25) is 0 Å². The third kappa shape index (κ3) is 2.03. The van der Waals surface area contributed by atoms with Crippen molar-refractivity contribution < 1.29 is 4.74 Å². The minimum atomic E-state index is 0.564. The first-order valence-corrected chi connectivity index (χ1v) is 5.09. The van der Waals surface area contributed by atoms with Gasteiger partial charge in [0.25, 0.3) is 0 Å². The largest absolute Gasteiger partial charge is 0.501 e. The van der Waals surface area contributed by atoms with Crippen molar-refractivity contribution >= 4 is 0 Å². The highest BCUT2D eigenvalue weighted by molar-refractivity contribution is 5.12. The quantitative estimate of drug-likeness (QED) is 0.642. The van der Waals surface area contributed by atoms with E-state index in [-0.39, 0.29) is 0 Å². The number of likely N-dealkylation sites (N-methyl/N-ethyl adjacent to an activating group) is 1. The van der Waals surface area contributed by atoms with Gasteiger partial charge in [0.15, 0.2) is 0 Å². The van der Waals surface area contributed by atoms with Crippen molar-refractivity contribution in [2.24, 2.45) is 0 Å². The summed E-state index contributed by atoms with van der Waals surface area (Å²) in [5, 5.41) is 3.42. The van der Waals surface area contributed by atoms with Crippen LogP contribution in [-0.2, 0) is 4.74 Å². The molecule has 2 aliphatic heterocycles. The standard InChI is InChI=1S/C10H18N2O/c1-12-5-4-11-7-10(12)9-3-2-6-13-8-9/h8,10-11H,2-7H2,1H3. The average Bonchev–Trinajstić information content (AvgIpc) is 2.20. The highest BCUT2D eigenvalue weighted by Gasteiger charge is 2.23. The van der Waals surface area contributed by atoms with E-state index in [9.17, 15) is 0 Å². The van der Waals surface area contributed by atoms with Gasteiger partial charge in [-0.25, -0.2) is 0 Å². The molecular weight excluding hydrogens is 164 g/mol. The second kappa shape index (κ2) is 4.11. The number of hydrogen-bond donors (Lipinski definition) is 1. The second-order valence-corrected chi connectivity index (χ2v) is 3.87. The summed E-state index contributed by atoms with van der Waals surface area (Å²) in [6, 6.07) is 0.564. The third-order valence-electron chi connectivity index (χ3n) is 2.90. The van der Waals surface area contributed by atoms with Gasteiger partial charge in [0.1, 0.15) is 0 Å². The van der Waals surface area contributed by atoms with Crippen molar-refractivity contribution in [2.45, 2.75) is 18.9 Å². The van der Waals surface area contributed by atoms with Gasteiger partial charge in [0, 0.05) is 25.7 Å². The Morgan fingerprint density at radius 3 is 3.23 bits per heavy atom. The summed E-state index contributed by atoms with van der Waals surface area (Å²) in [6.45, 7) is 4.22. The van der Waals surface area contributed by atoms with Crippen molar-refractivity contribution in [1.82, 2.24) is 10.2 Å². The van der Waals surface area contributed by atoms with E-state index in [0.29, 0.717) is 6.04 Å². The lowest BCUT2D eigenvalue weighted by Crippen LogP contribution is -2.50. The van der Waals surface area contributed by atoms with Crippen molar-refractivity contribution in [1.29, 1.82) is 0 Å². The van der Waals surface area contributed by atoms with E-state index in [1.165, 1.54) is 18.4 Å². The Hall–Kier alpha value is -0.540. The Morgan fingerprint density at radius 2 is 2.54 bits per heavy atom. The van der Waals surface area contributed by atoms with Crippen LogP contribution in [0.1, 0.15) is 12.8 Å². The van der Waals surface area contributed by atoms with E-state index in [2.05, 4.69) is 17.3 Å². The van der Waals surface area contributed by atoms with E-state index < -0.39 is 0 Å². The molecule has 1 fully saturated rings. The Labute approximate surface area is 79.7 Å². The summed E-state index contributed by atoms with van der Waals surface area (Å²) in [6.07, 6.45) is 4.35. The number of nitrogens with one attached hydrogen (secondary N) is 1. The van der Waals surface area contributed by atoms with Gasteiger partial charge in [0.05, 0.1) is 12.9 Å². The number of hydrogen-bond acceptors (Lipinski definition) is 3. The molecule has 0 spiro atoms. The summed E-state index contributed by atoms with van der Waals surface area (Å²) in [7, 11) is 2.20. The molecule has 2 heterocycles. The van der Waals surface area contributed by atoms with Crippen LogP contribution in [0.5, 0.6) is 0 Å². The molecule has 1 unspecified atom stereocenters. The molecule has 0 aromatic rings. The highest BCUT2D eigenvalue weighted by Crippen LogP contribution is 2.19. The third-order valence-corrected chi connectivity index (χ3v) is 2.90. The lowest BCUT2D eigenvalue weighted by atomic mass is 9.99. The molecule has 74 valence electrons. The maximum Gasteiger partial charge on any atom is 0.0876 e. The van der Waals surface area contributed by atoms with E-state index in [1.54, 1.807) is 0 Å². The van der Waals surface area contributed by atoms with Gasteiger partial charge in [-0.1, -0.05) is 0 Å². The minimum Gasteiger partial charge on any atom is -0.501 e. The van der Waals surface area contributed by atoms with Crippen LogP contribution in [0.3, 0.4) is 0 Å². The molecule has 1 saturated heterocycles. The maximum atomic E-state index is 5.37. The zero-order valence-corrected chi connectivity index (χ0v) is 8.25. The van der Waals surface area contributed by atoms with Crippen LogP contribution in [0.25, 0.3) is 0 Å². The molecule has 0 amide bonds. The minimum absolute atomic E-state index is 0.564. The molecular formula is C10H18N2O. The summed E-state index contributed by atoms with van der Waals surface area (Å²) in [5.41, 5.74) is 1.46. The first kappa shape index (κ1) is 9.03. The zero-order chi connectivity index (χ0) is 9.10. The van der Waals surface area contributed by atoms with Gasteiger partial charge < -0.3 is 10.1 Å². The van der Waals surface area contributed by atoms with Crippen molar-refractivity contribution in [3.8, 4) is 0 Å². The zero-order valence-electron chi connectivity index (χ0n) is 8.25. The average molecular weight is 182 g/mol. The summed E-state index contributed by atoms with van der Waals surface area (Å²) >= 11 is 0. The molecule has 0 aromatic carbocycles. The molecule has 0 saturated carbocycles. The highest BCUT2D eigenvalue weighted by atomic mass is 16.5. The van der Waals surface area contributed by atoms with Crippen LogP contribution >= 0.6 is 0 Å². The topological polar surface area (TPSA) is 24.5 Å². The van der Waals surface area contributed by atoms with Crippen LogP contribution in [0, 0.1) is 0 Å². The number of nitrogens with zero attached hydrogens (tertiary/aromatic N) is 1. The van der Waals surface area contributed by atoms with E-state index in [4.69, 9.17) is 4.74 Å². The van der Waals surface area contributed by atoms with Crippen molar-refractivity contribution in [3.63, 3.8) is 0 Å². The summed E-state index contributed by atoms with van der Waals surface area (Å²) in [4.78, 5) is 2.41. The predicted molar refractivity (Wildman–Crippen MR) is 52.6 cm³/mol.